The van der Waals surface area contributed by atoms with E-state index in [1.54, 1.807) is 0 Å². The second-order valence-corrected chi connectivity index (χ2v) is 8.05. The maximum atomic E-state index is 12.6. The Bertz CT molecular complexity index is 563. The summed E-state index contributed by atoms with van der Waals surface area (Å²) in [6.07, 6.45) is -3.53. The molecule has 1 aliphatic rings. The Labute approximate surface area is 144 Å². The van der Waals surface area contributed by atoms with E-state index in [-0.39, 0.29) is 29.1 Å². The maximum absolute atomic E-state index is 12.6. The fourth-order valence-electron chi connectivity index (χ4n) is 2.09. The van der Waals surface area contributed by atoms with Gasteiger partial charge in [0.25, 0.3) is 0 Å². The number of hydrogen-bond donors (Lipinski definition) is 2. The van der Waals surface area contributed by atoms with Crippen LogP contribution in [0.4, 0.5) is 13.2 Å². The molecule has 0 bridgehead atoms. The number of amides is 1. The standard InChI is InChI=1S/C14H15AsF3N2O2.ClH/c16-14(17,18)10-3-1-2-9(6-10)13(22)20-8-12(21)15-11-4-5-19-7-11;/h1-3,6,11,19H,4-5,7-8H2,(H,20,22);1H. The van der Waals surface area contributed by atoms with Crippen LogP contribution in [0.5, 0.6) is 0 Å². The van der Waals surface area contributed by atoms with Gasteiger partial charge < -0.3 is 0 Å². The first-order chi connectivity index (χ1) is 10.4. The van der Waals surface area contributed by atoms with Gasteiger partial charge in [0.05, 0.1) is 0 Å². The van der Waals surface area contributed by atoms with E-state index in [0.717, 1.165) is 31.6 Å². The van der Waals surface area contributed by atoms with Crippen molar-refractivity contribution in [3.8, 4) is 0 Å². The molecule has 2 rings (SSSR count). The van der Waals surface area contributed by atoms with Crippen LogP contribution in [0.1, 0.15) is 22.3 Å². The number of hydrogen-bond acceptors (Lipinski definition) is 3. The van der Waals surface area contributed by atoms with Crippen LogP contribution in [0.3, 0.4) is 0 Å². The number of alkyl halides is 3. The molecule has 1 radical (unpaired) electrons. The van der Waals surface area contributed by atoms with E-state index in [4.69, 9.17) is 0 Å². The van der Waals surface area contributed by atoms with Gasteiger partial charge in [-0.1, -0.05) is 0 Å². The van der Waals surface area contributed by atoms with Crippen LogP contribution in [0, 0.1) is 0 Å². The molecule has 1 saturated heterocycles. The van der Waals surface area contributed by atoms with Crippen LogP contribution >= 0.6 is 12.4 Å². The van der Waals surface area contributed by atoms with Gasteiger partial charge in [-0.3, -0.25) is 0 Å². The van der Waals surface area contributed by atoms with E-state index >= 15 is 0 Å². The van der Waals surface area contributed by atoms with E-state index in [2.05, 4.69) is 10.6 Å². The molecule has 1 heterocycles. The zero-order chi connectivity index (χ0) is 16.2. The molecule has 1 unspecified atom stereocenters. The molecule has 2 N–H and O–H groups in total. The van der Waals surface area contributed by atoms with Gasteiger partial charge in [0.1, 0.15) is 0 Å². The molecule has 1 aromatic rings. The first-order valence-electron chi connectivity index (χ1n) is 6.76. The summed E-state index contributed by atoms with van der Waals surface area (Å²) in [4.78, 5) is 23.6. The third kappa shape index (κ3) is 6.16. The minimum atomic E-state index is -4.49. The molecule has 0 saturated carbocycles. The molecule has 0 spiro atoms. The van der Waals surface area contributed by atoms with Gasteiger partial charge in [0, 0.05) is 0 Å². The second kappa shape index (κ2) is 8.71. The average molecular weight is 412 g/mol. The Balaban J connectivity index is 0.00000264. The number of benzene rings is 1. The van der Waals surface area contributed by atoms with Gasteiger partial charge in [-0.05, 0) is 0 Å². The summed E-state index contributed by atoms with van der Waals surface area (Å²) < 4.78 is 38.1. The van der Waals surface area contributed by atoms with Crippen molar-refractivity contribution in [1.29, 1.82) is 0 Å². The molecule has 1 aromatic carbocycles. The minimum absolute atomic E-state index is 0. The number of halogens is 4. The number of carbonyl (C=O) groups excluding carboxylic acids is 2. The number of rotatable bonds is 5. The first-order valence-corrected chi connectivity index (χ1v) is 8.78. The first kappa shape index (κ1) is 20.0. The summed E-state index contributed by atoms with van der Waals surface area (Å²) in [7, 11) is 0. The fraction of sp³-hybridized carbons (Fsp3) is 0.429. The van der Waals surface area contributed by atoms with Crippen LogP contribution in [0.15, 0.2) is 24.3 Å². The monoisotopic (exact) mass is 411 g/mol. The van der Waals surface area contributed by atoms with Crippen molar-refractivity contribution in [2.75, 3.05) is 19.6 Å². The summed E-state index contributed by atoms with van der Waals surface area (Å²) in [5.41, 5.74) is -0.976. The molecule has 127 valence electrons. The van der Waals surface area contributed by atoms with Crippen LogP contribution < -0.4 is 10.6 Å². The van der Waals surface area contributed by atoms with E-state index < -0.39 is 33.4 Å². The summed E-state index contributed by atoms with van der Waals surface area (Å²) in [5.74, 6) is -0.662. The molecule has 9 heteroatoms. The Hall–Kier alpha value is -1.04. The van der Waals surface area contributed by atoms with Gasteiger partial charge >= 0.3 is 132 Å². The topological polar surface area (TPSA) is 58.2 Å². The van der Waals surface area contributed by atoms with Crippen molar-refractivity contribution in [3.05, 3.63) is 35.4 Å². The fourth-order valence-corrected chi connectivity index (χ4v) is 4.31. The SMILES string of the molecule is Cl.O=C(CNC(=O)c1cccc(C(F)(F)F)c1)[As]C1CCNC1. The number of carbonyl (C=O) groups is 2. The van der Waals surface area contributed by atoms with Gasteiger partial charge in [0.2, 0.25) is 0 Å². The van der Waals surface area contributed by atoms with Crippen molar-refractivity contribution < 1.29 is 22.8 Å². The van der Waals surface area contributed by atoms with Gasteiger partial charge in [-0.2, -0.15) is 0 Å². The zero-order valence-corrected chi connectivity index (χ0v) is 14.7. The second-order valence-electron chi connectivity index (χ2n) is 4.93. The van der Waals surface area contributed by atoms with Crippen molar-refractivity contribution >= 4 is 38.6 Å². The average Bonchev–Trinajstić information content (AvgIpc) is 2.97. The Morgan fingerprint density at radius 2 is 2.09 bits per heavy atom. The van der Waals surface area contributed by atoms with Crippen molar-refractivity contribution in [2.45, 2.75) is 17.3 Å². The van der Waals surface area contributed by atoms with Gasteiger partial charge in [0.15, 0.2) is 0 Å². The summed E-state index contributed by atoms with van der Waals surface area (Å²) >= 11 is -0.512. The Morgan fingerprint density at radius 3 is 2.70 bits per heavy atom. The van der Waals surface area contributed by atoms with Crippen LogP contribution in [0.2, 0.25) is 4.71 Å². The molecule has 0 aromatic heterocycles. The molecule has 1 atom stereocenters. The van der Waals surface area contributed by atoms with E-state index in [0.29, 0.717) is 4.71 Å². The predicted octanol–water partition coefficient (Wildman–Crippen LogP) is 1.87. The third-order valence-electron chi connectivity index (χ3n) is 3.21. The van der Waals surface area contributed by atoms with E-state index in [9.17, 15) is 22.8 Å². The van der Waals surface area contributed by atoms with Crippen molar-refractivity contribution in [2.24, 2.45) is 0 Å². The zero-order valence-electron chi connectivity index (χ0n) is 12.0. The molecule has 1 aliphatic heterocycles. The molecule has 1 fully saturated rings. The molecule has 1 amide bonds. The van der Waals surface area contributed by atoms with Crippen LogP contribution in [-0.2, 0) is 11.0 Å². The molecular formula is C14H16AsClF3N2O2. The van der Waals surface area contributed by atoms with Crippen LogP contribution in [-0.4, -0.2) is 45.9 Å². The van der Waals surface area contributed by atoms with E-state index in [1.165, 1.54) is 12.1 Å². The molecule has 4 nitrogen and oxygen atoms in total. The van der Waals surface area contributed by atoms with Crippen molar-refractivity contribution in [3.63, 3.8) is 0 Å². The van der Waals surface area contributed by atoms with Crippen LogP contribution in [0.25, 0.3) is 0 Å². The Morgan fingerprint density at radius 1 is 1.35 bits per heavy atom. The molecule has 0 aliphatic carbocycles. The molecule has 23 heavy (non-hydrogen) atoms. The Kier molecular flexibility index (Phi) is 7.58. The summed E-state index contributed by atoms with van der Waals surface area (Å²) in [6, 6.07) is 4.16. The summed E-state index contributed by atoms with van der Waals surface area (Å²) in [5, 5.41) is 5.56. The quantitative estimate of drug-likeness (QED) is 0.727. The van der Waals surface area contributed by atoms with Gasteiger partial charge in [-0.25, -0.2) is 0 Å². The third-order valence-corrected chi connectivity index (χ3v) is 5.84. The number of nitrogens with one attached hydrogen (secondary N) is 2. The normalized spacial score (nSPS) is 18.0. The molecular weight excluding hydrogens is 396 g/mol. The van der Waals surface area contributed by atoms with Gasteiger partial charge in [-0.15, -0.1) is 12.4 Å². The summed E-state index contributed by atoms with van der Waals surface area (Å²) in [6.45, 7) is 1.61. The predicted molar refractivity (Wildman–Crippen MR) is 83.0 cm³/mol. The van der Waals surface area contributed by atoms with E-state index in [1.807, 2.05) is 0 Å². The van der Waals surface area contributed by atoms with Crippen molar-refractivity contribution in [1.82, 2.24) is 10.6 Å².